The molecule has 0 unspecified atom stereocenters. The second kappa shape index (κ2) is 9.29. The SMILES string of the molecule is CCOc1ccc(-c2ccc(OCCNS(=O)(=O)c3ccccc3)nn2)cc1. The average Bonchev–Trinajstić information content (AvgIpc) is 2.73. The zero-order valence-electron chi connectivity index (χ0n) is 15.4. The highest BCUT2D eigenvalue weighted by Gasteiger charge is 2.12. The van der Waals surface area contributed by atoms with Crippen molar-refractivity contribution in [2.75, 3.05) is 19.8 Å². The summed E-state index contributed by atoms with van der Waals surface area (Å²) < 4.78 is 37.6. The van der Waals surface area contributed by atoms with Gasteiger partial charge < -0.3 is 9.47 Å². The van der Waals surface area contributed by atoms with Crippen LogP contribution in [0.2, 0.25) is 0 Å². The Morgan fingerprint density at radius 2 is 1.64 bits per heavy atom. The third-order valence-electron chi connectivity index (χ3n) is 3.80. The molecule has 0 aliphatic heterocycles. The molecule has 8 heteroatoms. The van der Waals surface area contributed by atoms with Crippen molar-refractivity contribution in [3.05, 3.63) is 66.7 Å². The van der Waals surface area contributed by atoms with E-state index in [1.165, 1.54) is 12.1 Å². The number of nitrogens with zero attached hydrogens (tertiary/aromatic N) is 2. The molecular weight excluding hydrogens is 378 g/mol. The lowest BCUT2D eigenvalue weighted by atomic mass is 10.1. The van der Waals surface area contributed by atoms with Crippen LogP contribution in [0.25, 0.3) is 11.3 Å². The number of rotatable bonds is 9. The summed E-state index contributed by atoms with van der Waals surface area (Å²) >= 11 is 0. The Morgan fingerprint density at radius 3 is 2.29 bits per heavy atom. The molecule has 0 aliphatic rings. The number of aromatic nitrogens is 2. The van der Waals surface area contributed by atoms with Crippen molar-refractivity contribution < 1.29 is 17.9 Å². The molecule has 0 atom stereocenters. The van der Waals surface area contributed by atoms with Crippen LogP contribution in [0.1, 0.15) is 6.92 Å². The van der Waals surface area contributed by atoms with Gasteiger partial charge in [0.2, 0.25) is 15.9 Å². The molecule has 0 fully saturated rings. The highest BCUT2D eigenvalue weighted by molar-refractivity contribution is 7.89. The summed E-state index contributed by atoms with van der Waals surface area (Å²) in [5, 5.41) is 8.17. The number of sulfonamides is 1. The Bertz CT molecular complexity index is 976. The molecule has 0 bridgehead atoms. The summed E-state index contributed by atoms with van der Waals surface area (Å²) in [5.41, 5.74) is 1.62. The van der Waals surface area contributed by atoms with Crippen molar-refractivity contribution in [3.63, 3.8) is 0 Å². The third-order valence-corrected chi connectivity index (χ3v) is 5.28. The first kappa shape index (κ1) is 19.8. The standard InChI is InChI=1S/C20H21N3O4S/c1-2-26-17-10-8-16(9-11-17)19-12-13-20(23-22-19)27-15-14-21-28(24,25)18-6-4-3-5-7-18/h3-13,21H,2,14-15H2,1H3. The van der Waals surface area contributed by atoms with E-state index >= 15 is 0 Å². The van der Waals surface area contributed by atoms with E-state index in [4.69, 9.17) is 9.47 Å². The van der Waals surface area contributed by atoms with E-state index < -0.39 is 10.0 Å². The largest absolute Gasteiger partial charge is 0.494 e. The monoisotopic (exact) mass is 399 g/mol. The number of benzene rings is 2. The van der Waals surface area contributed by atoms with Gasteiger partial charge in [0.15, 0.2) is 0 Å². The summed E-state index contributed by atoms with van der Waals surface area (Å²) in [6.07, 6.45) is 0. The van der Waals surface area contributed by atoms with Gasteiger partial charge in [-0.25, -0.2) is 13.1 Å². The lowest BCUT2D eigenvalue weighted by Gasteiger charge is -2.08. The Balaban J connectivity index is 1.51. The van der Waals surface area contributed by atoms with Gasteiger partial charge >= 0.3 is 0 Å². The molecule has 28 heavy (non-hydrogen) atoms. The quantitative estimate of drug-likeness (QED) is 0.557. The van der Waals surface area contributed by atoms with E-state index in [9.17, 15) is 8.42 Å². The van der Waals surface area contributed by atoms with Crippen LogP contribution in [0, 0.1) is 0 Å². The van der Waals surface area contributed by atoms with E-state index in [0.717, 1.165) is 11.3 Å². The molecule has 0 aliphatic carbocycles. The first-order valence-electron chi connectivity index (χ1n) is 8.83. The third kappa shape index (κ3) is 5.28. The number of ether oxygens (including phenoxy) is 2. The van der Waals surface area contributed by atoms with Crippen molar-refractivity contribution in [1.29, 1.82) is 0 Å². The molecule has 1 heterocycles. The molecule has 3 aromatic rings. The minimum Gasteiger partial charge on any atom is -0.494 e. The van der Waals surface area contributed by atoms with Gasteiger partial charge in [-0.2, -0.15) is 0 Å². The summed E-state index contributed by atoms with van der Waals surface area (Å²) in [7, 11) is -3.54. The van der Waals surface area contributed by atoms with Gasteiger partial charge in [-0.15, -0.1) is 10.2 Å². The maximum absolute atomic E-state index is 12.1. The van der Waals surface area contributed by atoms with Gasteiger partial charge in [0.1, 0.15) is 12.4 Å². The van der Waals surface area contributed by atoms with Gasteiger partial charge in [0.25, 0.3) is 0 Å². The molecule has 1 aromatic heterocycles. The zero-order chi connectivity index (χ0) is 19.8. The fourth-order valence-electron chi connectivity index (χ4n) is 2.45. The highest BCUT2D eigenvalue weighted by atomic mass is 32.2. The van der Waals surface area contributed by atoms with Crippen molar-refractivity contribution in [2.45, 2.75) is 11.8 Å². The Morgan fingerprint density at radius 1 is 0.893 bits per heavy atom. The highest BCUT2D eigenvalue weighted by Crippen LogP contribution is 2.21. The number of hydrogen-bond donors (Lipinski definition) is 1. The van der Waals surface area contributed by atoms with E-state index in [1.54, 1.807) is 30.3 Å². The molecule has 0 saturated carbocycles. The number of nitrogens with one attached hydrogen (secondary N) is 1. The van der Waals surface area contributed by atoms with Crippen molar-refractivity contribution in [2.24, 2.45) is 0 Å². The van der Waals surface area contributed by atoms with Crippen LogP contribution in [0.3, 0.4) is 0 Å². The molecular formula is C20H21N3O4S. The van der Waals surface area contributed by atoms with Crippen LogP contribution in [0.5, 0.6) is 11.6 Å². The van der Waals surface area contributed by atoms with Gasteiger partial charge in [-0.1, -0.05) is 18.2 Å². The molecule has 0 saturated heterocycles. The van der Waals surface area contributed by atoms with Crippen molar-refractivity contribution >= 4 is 10.0 Å². The molecule has 1 N–H and O–H groups in total. The minimum atomic E-state index is -3.54. The van der Waals surface area contributed by atoms with Gasteiger partial charge in [0.05, 0.1) is 17.2 Å². The van der Waals surface area contributed by atoms with Gasteiger partial charge in [-0.3, -0.25) is 0 Å². The average molecular weight is 399 g/mol. The summed E-state index contributed by atoms with van der Waals surface area (Å²) in [4.78, 5) is 0.217. The smallest absolute Gasteiger partial charge is 0.240 e. The zero-order valence-corrected chi connectivity index (χ0v) is 16.2. The lowest BCUT2D eigenvalue weighted by molar-refractivity contribution is 0.307. The molecule has 0 radical (unpaired) electrons. The molecule has 7 nitrogen and oxygen atoms in total. The normalized spacial score (nSPS) is 11.2. The van der Waals surface area contributed by atoms with E-state index in [0.29, 0.717) is 18.2 Å². The first-order chi connectivity index (χ1) is 13.6. The Kier molecular flexibility index (Phi) is 6.57. The molecule has 146 valence electrons. The fourth-order valence-corrected chi connectivity index (χ4v) is 3.49. The topological polar surface area (TPSA) is 90.4 Å². The molecule has 3 rings (SSSR count). The van der Waals surface area contributed by atoms with Crippen LogP contribution >= 0.6 is 0 Å². The lowest BCUT2D eigenvalue weighted by Crippen LogP contribution is -2.28. The van der Waals surface area contributed by atoms with E-state index in [1.807, 2.05) is 31.2 Å². The van der Waals surface area contributed by atoms with Crippen LogP contribution in [0.4, 0.5) is 0 Å². The predicted octanol–water partition coefficient (Wildman–Crippen LogP) is 2.90. The van der Waals surface area contributed by atoms with Crippen LogP contribution in [-0.2, 0) is 10.0 Å². The maximum Gasteiger partial charge on any atom is 0.240 e. The Labute approximate surface area is 164 Å². The summed E-state index contributed by atoms with van der Waals surface area (Å²) in [6.45, 7) is 2.82. The first-order valence-corrected chi connectivity index (χ1v) is 10.3. The summed E-state index contributed by atoms with van der Waals surface area (Å²) in [5.74, 6) is 1.13. The van der Waals surface area contributed by atoms with Crippen LogP contribution < -0.4 is 14.2 Å². The van der Waals surface area contributed by atoms with Crippen LogP contribution in [0.15, 0.2) is 71.6 Å². The van der Waals surface area contributed by atoms with Gasteiger partial charge in [0, 0.05) is 18.2 Å². The molecule has 2 aromatic carbocycles. The van der Waals surface area contributed by atoms with Crippen LogP contribution in [-0.4, -0.2) is 38.4 Å². The Hall–Kier alpha value is -2.97. The van der Waals surface area contributed by atoms with E-state index in [2.05, 4.69) is 14.9 Å². The summed E-state index contributed by atoms with van der Waals surface area (Å²) in [6, 6.07) is 19.3. The number of hydrogen-bond acceptors (Lipinski definition) is 6. The molecule has 0 amide bonds. The van der Waals surface area contributed by atoms with Crippen molar-refractivity contribution in [1.82, 2.24) is 14.9 Å². The van der Waals surface area contributed by atoms with Crippen molar-refractivity contribution in [3.8, 4) is 22.9 Å². The predicted molar refractivity (Wildman–Crippen MR) is 106 cm³/mol. The second-order valence-electron chi connectivity index (χ2n) is 5.77. The maximum atomic E-state index is 12.1. The van der Waals surface area contributed by atoms with Gasteiger partial charge in [-0.05, 0) is 49.4 Å². The van der Waals surface area contributed by atoms with E-state index in [-0.39, 0.29) is 18.0 Å². The molecule has 0 spiro atoms. The minimum absolute atomic E-state index is 0.125. The fraction of sp³-hybridized carbons (Fsp3) is 0.200. The second-order valence-corrected chi connectivity index (χ2v) is 7.54.